The first-order valence-electron chi connectivity index (χ1n) is 6.44. The first-order valence-corrected chi connectivity index (χ1v) is 6.44. The first-order chi connectivity index (χ1) is 9.65. The molecule has 1 heterocycles. The highest BCUT2D eigenvalue weighted by molar-refractivity contribution is 6.00. The number of carbonyl (C=O) groups excluding carboxylic acids is 1. The Hall–Kier alpha value is -2.07. The minimum atomic E-state index is -0.683. The molecule has 0 amide bonds. The Balaban J connectivity index is 1.88. The molecule has 3 rings (SSSR count). The van der Waals surface area contributed by atoms with Gasteiger partial charge in [0.05, 0.1) is 11.6 Å². The van der Waals surface area contributed by atoms with Crippen LogP contribution in [-0.2, 0) is 13.0 Å². The van der Waals surface area contributed by atoms with E-state index in [9.17, 15) is 13.6 Å². The van der Waals surface area contributed by atoms with Crippen LogP contribution in [0.3, 0.4) is 0 Å². The fourth-order valence-electron chi connectivity index (χ4n) is 2.51. The zero-order valence-corrected chi connectivity index (χ0v) is 10.7. The Morgan fingerprint density at radius 1 is 1.10 bits per heavy atom. The predicted molar refractivity (Wildman–Crippen MR) is 71.5 cm³/mol. The first kappa shape index (κ1) is 12.9. The second-order valence-electron chi connectivity index (χ2n) is 4.89. The standard InChI is InChI=1S/C16H13F2NO/c17-12-5-6-14(18)13(8-12)16(20)15-7-10-3-1-2-4-11(10)9-19-15/h1-6,8,15,19H,7,9H2. The van der Waals surface area contributed by atoms with Crippen LogP contribution in [0.5, 0.6) is 0 Å². The lowest BCUT2D eigenvalue weighted by molar-refractivity contribution is 0.0933. The molecule has 2 aromatic carbocycles. The molecule has 0 saturated carbocycles. The van der Waals surface area contributed by atoms with Crippen molar-refractivity contribution in [3.8, 4) is 0 Å². The lowest BCUT2D eigenvalue weighted by atomic mass is 9.91. The monoisotopic (exact) mass is 273 g/mol. The molecule has 1 aliphatic heterocycles. The van der Waals surface area contributed by atoms with Gasteiger partial charge in [0.15, 0.2) is 5.78 Å². The van der Waals surface area contributed by atoms with Crippen LogP contribution in [0.2, 0.25) is 0 Å². The Bertz CT molecular complexity index is 669. The van der Waals surface area contributed by atoms with Gasteiger partial charge >= 0.3 is 0 Å². The van der Waals surface area contributed by atoms with Gasteiger partial charge < -0.3 is 5.32 Å². The van der Waals surface area contributed by atoms with E-state index in [1.54, 1.807) is 0 Å². The summed E-state index contributed by atoms with van der Waals surface area (Å²) >= 11 is 0. The number of hydrogen-bond acceptors (Lipinski definition) is 2. The largest absolute Gasteiger partial charge is 0.303 e. The summed E-state index contributed by atoms with van der Waals surface area (Å²) in [6.07, 6.45) is 0.491. The van der Waals surface area contributed by atoms with Gasteiger partial charge in [0.25, 0.3) is 0 Å². The van der Waals surface area contributed by atoms with E-state index in [4.69, 9.17) is 0 Å². The maximum Gasteiger partial charge on any atom is 0.183 e. The minimum Gasteiger partial charge on any atom is -0.303 e. The number of fused-ring (bicyclic) bond motifs is 1. The van der Waals surface area contributed by atoms with E-state index in [0.717, 1.165) is 29.3 Å². The Labute approximate surface area is 115 Å². The summed E-state index contributed by atoms with van der Waals surface area (Å²) in [4.78, 5) is 12.3. The highest BCUT2D eigenvalue weighted by Gasteiger charge is 2.26. The Morgan fingerprint density at radius 3 is 2.65 bits per heavy atom. The molecule has 0 fully saturated rings. The topological polar surface area (TPSA) is 29.1 Å². The third kappa shape index (κ3) is 2.34. The predicted octanol–water partition coefficient (Wildman–Crippen LogP) is 2.86. The van der Waals surface area contributed by atoms with Crippen LogP contribution in [0.1, 0.15) is 21.5 Å². The molecule has 1 atom stereocenters. The molecule has 0 spiro atoms. The van der Waals surface area contributed by atoms with Crippen molar-refractivity contribution in [3.05, 3.63) is 70.8 Å². The summed E-state index contributed by atoms with van der Waals surface area (Å²) in [6, 6.07) is 10.2. The average molecular weight is 273 g/mol. The molecule has 0 radical (unpaired) electrons. The number of hydrogen-bond donors (Lipinski definition) is 1. The Kier molecular flexibility index (Phi) is 3.32. The fourth-order valence-corrected chi connectivity index (χ4v) is 2.51. The second-order valence-corrected chi connectivity index (χ2v) is 4.89. The molecule has 20 heavy (non-hydrogen) atoms. The van der Waals surface area contributed by atoms with E-state index in [2.05, 4.69) is 5.32 Å². The summed E-state index contributed by atoms with van der Waals surface area (Å²) in [7, 11) is 0. The minimum absolute atomic E-state index is 0.193. The number of Topliss-reactive ketones (excluding diaryl/α,β-unsaturated/α-hetero) is 1. The van der Waals surface area contributed by atoms with Gasteiger partial charge in [-0.05, 0) is 35.7 Å². The fraction of sp³-hybridized carbons (Fsp3) is 0.188. The quantitative estimate of drug-likeness (QED) is 0.852. The molecule has 0 aromatic heterocycles. The van der Waals surface area contributed by atoms with Crippen molar-refractivity contribution in [3.63, 3.8) is 0 Å². The van der Waals surface area contributed by atoms with Crippen LogP contribution in [0.4, 0.5) is 8.78 Å². The maximum absolute atomic E-state index is 13.7. The zero-order valence-electron chi connectivity index (χ0n) is 10.7. The summed E-state index contributed by atoms with van der Waals surface area (Å²) < 4.78 is 26.8. The van der Waals surface area contributed by atoms with Crippen LogP contribution in [-0.4, -0.2) is 11.8 Å². The number of carbonyl (C=O) groups is 1. The van der Waals surface area contributed by atoms with Crippen molar-refractivity contribution in [1.29, 1.82) is 0 Å². The highest BCUT2D eigenvalue weighted by Crippen LogP contribution is 2.20. The number of benzene rings is 2. The third-order valence-electron chi connectivity index (χ3n) is 3.59. The molecular weight excluding hydrogens is 260 g/mol. The number of halogens is 2. The van der Waals surface area contributed by atoms with E-state index >= 15 is 0 Å². The van der Waals surface area contributed by atoms with Gasteiger partial charge in [-0.1, -0.05) is 24.3 Å². The Morgan fingerprint density at radius 2 is 1.85 bits per heavy atom. The molecule has 1 N–H and O–H groups in total. The van der Waals surface area contributed by atoms with Crippen LogP contribution >= 0.6 is 0 Å². The summed E-state index contributed by atoms with van der Waals surface area (Å²) in [6.45, 7) is 0.559. The van der Waals surface area contributed by atoms with Gasteiger partial charge in [0.2, 0.25) is 0 Å². The van der Waals surface area contributed by atoms with E-state index in [1.807, 2.05) is 24.3 Å². The lowest BCUT2D eigenvalue weighted by Crippen LogP contribution is -2.42. The van der Waals surface area contributed by atoms with Gasteiger partial charge in [-0.25, -0.2) is 8.78 Å². The van der Waals surface area contributed by atoms with Crippen molar-refractivity contribution in [2.75, 3.05) is 0 Å². The van der Waals surface area contributed by atoms with E-state index in [-0.39, 0.29) is 5.56 Å². The number of ketones is 1. The van der Waals surface area contributed by atoms with Crippen LogP contribution < -0.4 is 5.32 Å². The van der Waals surface area contributed by atoms with Crippen LogP contribution in [0.25, 0.3) is 0 Å². The van der Waals surface area contributed by atoms with Gasteiger partial charge in [-0.2, -0.15) is 0 Å². The molecule has 102 valence electrons. The maximum atomic E-state index is 13.7. The molecule has 2 nitrogen and oxygen atoms in total. The van der Waals surface area contributed by atoms with Crippen molar-refractivity contribution < 1.29 is 13.6 Å². The smallest absolute Gasteiger partial charge is 0.183 e. The molecule has 2 aromatic rings. The third-order valence-corrected chi connectivity index (χ3v) is 3.59. The number of nitrogens with one attached hydrogen (secondary N) is 1. The van der Waals surface area contributed by atoms with Gasteiger partial charge in [0, 0.05) is 6.54 Å². The van der Waals surface area contributed by atoms with Crippen molar-refractivity contribution in [2.45, 2.75) is 19.0 Å². The number of rotatable bonds is 2. The zero-order chi connectivity index (χ0) is 14.1. The molecule has 1 unspecified atom stereocenters. The molecule has 0 bridgehead atoms. The molecule has 0 saturated heterocycles. The highest BCUT2D eigenvalue weighted by atomic mass is 19.1. The van der Waals surface area contributed by atoms with E-state index < -0.39 is 23.5 Å². The summed E-state index contributed by atoms with van der Waals surface area (Å²) in [5.41, 5.74) is 2.01. The van der Waals surface area contributed by atoms with Gasteiger partial charge in [-0.3, -0.25) is 4.79 Å². The average Bonchev–Trinajstić information content (AvgIpc) is 2.48. The molecule has 1 aliphatic rings. The van der Waals surface area contributed by atoms with E-state index in [1.165, 1.54) is 0 Å². The van der Waals surface area contributed by atoms with Crippen molar-refractivity contribution >= 4 is 5.78 Å². The second kappa shape index (κ2) is 5.13. The van der Waals surface area contributed by atoms with Crippen molar-refractivity contribution in [2.24, 2.45) is 0 Å². The van der Waals surface area contributed by atoms with Crippen LogP contribution in [0, 0.1) is 11.6 Å². The summed E-state index contributed by atoms with van der Waals surface area (Å²) in [5, 5.41) is 3.08. The van der Waals surface area contributed by atoms with Gasteiger partial charge in [0.1, 0.15) is 11.6 Å². The van der Waals surface area contributed by atoms with E-state index in [0.29, 0.717) is 13.0 Å². The molecule has 4 heteroatoms. The van der Waals surface area contributed by atoms with Crippen LogP contribution in [0.15, 0.2) is 42.5 Å². The lowest BCUT2D eigenvalue weighted by Gasteiger charge is -2.25. The SMILES string of the molecule is O=C(c1cc(F)ccc1F)C1Cc2ccccc2CN1. The molecular formula is C16H13F2NO. The summed E-state index contributed by atoms with van der Waals surface area (Å²) in [5.74, 6) is -1.69. The van der Waals surface area contributed by atoms with Crippen molar-refractivity contribution in [1.82, 2.24) is 5.32 Å². The van der Waals surface area contributed by atoms with Gasteiger partial charge in [-0.15, -0.1) is 0 Å². The normalized spacial score (nSPS) is 17.6. The molecule has 0 aliphatic carbocycles.